The molecule has 1 fully saturated rings. The molecule has 16 heteroatoms. The van der Waals surface area contributed by atoms with E-state index < -0.39 is 31.0 Å². The number of methoxy groups -OCH3 is 1. The van der Waals surface area contributed by atoms with Crippen LogP contribution in [0, 0.1) is 0 Å². The highest BCUT2D eigenvalue weighted by molar-refractivity contribution is 6.33. The summed E-state index contributed by atoms with van der Waals surface area (Å²) in [6.07, 6.45) is 2.34. The normalized spacial score (nSPS) is 19.7. The zero-order valence-corrected chi connectivity index (χ0v) is 30.4. The average molecular weight is 744 g/mol. The number of amides is 3. The van der Waals surface area contributed by atoms with E-state index >= 15 is 0 Å². The molecule has 2 aliphatic rings. The number of nitrogens with two attached hydrogens (primary N) is 1. The number of aliphatic hydroxyl groups is 5. The van der Waals surface area contributed by atoms with Crippen molar-refractivity contribution in [1.29, 1.82) is 0 Å². The maximum atomic E-state index is 13.2. The summed E-state index contributed by atoms with van der Waals surface area (Å²) in [5, 5.41) is 56.3. The Morgan fingerprint density at radius 1 is 0.980 bits per heavy atom. The van der Waals surface area contributed by atoms with Crippen molar-refractivity contribution in [2.24, 2.45) is 0 Å². The summed E-state index contributed by atoms with van der Waals surface area (Å²) in [6.45, 7) is 2.45. The van der Waals surface area contributed by atoms with Crippen molar-refractivity contribution >= 4 is 35.0 Å². The van der Waals surface area contributed by atoms with Crippen LogP contribution in [0.25, 0.3) is 0 Å². The standard InChI is InChI=1S/C35H58ClN5O10/c1-50-28-20-41(16-12-25(28)40-35(49)23-18-24(36)31(37)22-13-17-51-34(22)23)15-9-5-7-10-29(45)38-14-8-4-2-3-6-11-30(46)39-19-26(43)32(47)33(48)27(44)21-42/h18,25-28,32-33,42-44,47-48H,2-17,19-21,37H2,1H3,(H,38,45)(H,39,46)(H,40,49)/t25-,26?,27?,28+,32?,33?/m1/s1. The van der Waals surface area contributed by atoms with Gasteiger partial charge in [-0.3, -0.25) is 14.4 Å². The van der Waals surface area contributed by atoms with E-state index in [0.717, 1.165) is 70.0 Å². The minimum atomic E-state index is -1.73. The summed E-state index contributed by atoms with van der Waals surface area (Å²) in [5.41, 5.74) is 7.72. The fourth-order valence-corrected chi connectivity index (χ4v) is 6.64. The lowest BCUT2D eigenvalue weighted by Crippen LogP contribution is -2.54. The third-order valence-electron chi connectivity index (χ3n) is 9.59. The van der Waals surface area contributed by atoms with Gasteiger partial charge in [0, 0.05) is 58.1 Å². The van der Waals surface area contributed by atoms with Gasteiger partial charge in [-0.05, 0) is 44.7 Å². The molecule has 1 saturated heterocycles. The Morgan fingerprint density at radius 2 is 1.63 bits per heavy atom. The first-order valence-electron chi connectivity index (χ1n) is 18.1. The number of aliphatic hydroxyl groups excluding tert-OH is 5. The van der Waals surface area contributed by atoms with Gasteiger partial charge in [-0.1, -0.05) is 37.3 Å². The third-order valence-corrected chi connectivity index (χ3v) is 9.91. The minimum absolute atomic E-state index is 0.0480. The molecule has 0 aromatic heterocycles. The molecule has 0 saturated carbocycles. The van der Waals surface area contributed by atoms with Gasteiger partial charge in [0.25, 0.3) is 5.91 Å². The Balaban J connectivity index is 1.18. The Bertz CT molecular complexity index is 1260. The number of hydrogen-bond donors (Lipinski definition) is 9. The summed E-state index contributed by atoms with van der Waals surface area (Å²) in [5.74, 6) is 0.0191. The molecule has 2 heterocycles. The fraction of sp³-hybridized carbons (Fsp3) is 0.743. The number of likely N-dealkylation sites (tertiary alicyclic amines) is 1. The molecule has 0 bridgehead atoms. The van der Waals surface area contributed by atoms with E-state index in [0.29, 0.717) is 61.0 Å². The molecule has 3 amide bonds. The number of benzene rings is 1. The van der Waals surface area contributed by atoms with E-state index in [1.807, 2.05) is 0 Å². The Labute approximate surface area is 305 Å². The van der Waals surface area contributed by atoms with Crippen LogP contribution in [0.3, 0.4) is 0 Å². The van der Waals surface area contributed by atoms with Crippen LogP contribution in [0.2, 0.25) is 5.02 Å². The number of nitrogen functional groups attached to an aromatic ring is 1. The van der Waals surface area contributed by atoms with Crippen molar-refractivity contribution in [3.05, 3.63) is 22.2 Å². The van der Waals surface area contributed by atoms with E-state index in [1.54, 1.807) is 13.2 Å². The van der Waals surface area contributed by atoms with Gasteiger partial charge in [0.2, 0.25) is 11.8 Å². The van der Waals surface area contributed by atoms with Crippen LogP contribution >= 0.6 is 11.6 Å². The van der Waals surface area contributed by atoms with Gasteiger partial charge >= 0.3 is 0 Å². The van der Waals surface area contributed by atoms with Crippen LogP contribution in [-0.4, -0.2) is 138 Å². The van der Waals surface area contributed by atoms with Gasteiger partial charge in [0.15, 0.2) is 0 Å². The van der Waals surface area contributed by atoms with Gasteiger partial charge < -0.3 is 61.6 Å². The van der Waals surface area contributed by atoms with E-state index in [4.69, 9.17) is 31.9 Å². The lowest BCUT2D eigenvalue weighted by molar-refractivity contribution is -0.126. The smallest absolute Gasteiger partial charge is 0.255 e. The number of halogens is 1. The highest BCUT2D eigenvalue weighted by Gasteiger charge is 2.33. The van der Waals surface area contributed by atoms with Crippen LogP contribution in [0.1, 0.15) is 86.6 Å². The Morgan fingerprint density at radius 3 is 2.33 bits per heavy atom. The molecule has 2 aliphatic heterocycles. The van der Waals surface area contributed by atoms with Gasteiger partial charge in [-0.2, -0.15) is 0 Å². The lowest BCUT2D eigenvalue weighted by atomic mass is 9.99. The first-order chi connectivity index (χ1) is 24.5. The maximum Gasteiger partial charge on any atom is 0.255 e. The zero-order chi connectivity index (χ0) is 37.3. The van der Waals surface area contributed by atoms with Crippen LogP contribution in [-0.2, 0) is 20.7 Å². The van der Waals surface area contributed by atoms with E-state index in [1.165, 1.54) is 0 Å². The second-order valence-electron chi connectivity index (χ2n) is 13.5. The molecule has 0 spiro atoms. The van der Waals surface area contributed by atoms with Crippen molar-refractivity contribution < 1.29 is 49.4 Å². The quantitative estimate of drug-likeness (QED) is 0.0542. The van der Waals surface area contributed by atoms with Crippen molar-refractivity contribution in [2.45, 2.75) is 114 Å². The molecule has 1 aromatic carbocycles. The van der Waals surface area contributed by atoms with Crippen LogP contribution in [0.15, 0.2) is 6.07 Å². The maximum absolute atomic E-state index is 13.2. The van der Waals surface area contributed by atoms with Crippen LogP contribution < -0.4 is 26.4 Å². The molecular weight excluding hydrogens is 686 g/mol. The largest absolute Gasteiger partial charge is 0.492 e. The van der Waals surface area contributed by atoms with Crippen molar-refractivity contribution in [1.82, 2.24) is 20.9 Å². The van der Waals surface area contributed by atoms with E-state index in [2.05, 4.69) is 20.9 Å². The molecule has 10 N–H and O–H groups in total. The number of anilines is 1. The molecule has 1 aromatic rings. The first kappa shape index (κ1) is 42.7. The number of nitrogens with zero attached hydrogens (tertiary/aromatic N) is 1. The Kier molecular flexibility index (Phi) is 18.7. The Hall–Kier alpha value is -2.76. The number of carbonyl (C=O) groups excluding carboxylic acids is 3. The highest BCUT2D eigenvalue weighted by atomic mass is 35.5. The molecular formula is C35H58ClN5O10. The molecule has 15 nitrogen and oxygen atoms in total. The molecule has 3 rings (SSSR count). The second-order valence-corrected chi connectivity index (χ2v) is 13.9. The predicted molar refractivity (Wildman–Crippen MR) is 191 cm³/mol. The topological polar surface area (TPSA) is 236 Å². The minimum Gasteiger partial charge on any atom is -0.492 e. The molecule has 0 radical (unpaired) electrons. The number of ether oxygens (including phenoxy) is 2. The van der Waals surface area contributed by atoms with Crippen molar-refractivity contribution in [3.8, 4) is 5.75 Å². The number of fused-ring (bicyclic) bond motifs is 1. The zero-order valence-electron chi connectivity index (χ0n) is 29.7. The van der Waals surface area contributed by atoms with Gasteiger partial charge in [0.1, 0.15) is 24.1 Å². The summed E-state index contributed by atoms with van der Waals surface area (Å²) >= 11 is 6.29. The summed E-state index contributed by atoms with van der Waals surface area (Å²) in [7, 11) is 1.66. The van der Waals surface area contributed by atoms with Gasteiger partial charge in [-0.25, -0.2) is 0 Å². The van der Waals surface area contributed by atoms with E-state index in [-0.39, 0.29) is 42.8 Å². The third kappa shape index (κ3) is 13.6. The fourth-order valence-electron chi connectivity index (χ4n) is 6.42. The second kappa shape index (κ2) is 22.3. The van der Waals surface area contributed by atoms with Crippen LogP contribution in [0.4, 0.5) is 5.69 Å². The number of unbranched alkanes of at least 4 members (excludes halogenated alkanes) is 6. The number of nitrogens with one attached hydrogen (secondary N) is 3. The summed E-state index contributed by atoms with van der Waals surface area (Å²) in [6, 6.07) is 1.43. The summed E-state index contributed by atoms with van der Waals surface area (Å²) in [4.78, 5) is 39.7. The van der Waals surface area contributed by atoms with Gasteiger partial charge in [-0.15, -0.1) is 0 Å². The SMILES string of the molecule is CO[C@H]1CN(CCCCCC(=O)NCCCCCCCC(=O)NCC(O)C(O)C(O)C(O)CO)CC[C@H]1NC(=O)c1cc(Cl)c(N)c2c1OCC2. The predicted octanol–water partition coefficient (Wildman–Crippen LogP) is 0.246. The molecule has 0 aliphatic carbocycles. The van der Waals surface area contributed by atoms with Crippen LogP contribution in [0.5, 0.6) is 5.75 Å². The summed E-state index contributed by atoms with van der Waals surface area (Å²) < 4.78 is 11.5. The lowest BCUT2D eigenvalue weighted by Gasteiger charge is -2.38. The molecule has 6 atom stereocenters. The van der Waals surface area contributed by atoms with Gasteiger partial charge in [0.05, 0.1) is 47.7 Å². The number of piperidine rings is 1. The number of carbonyl (C=O) groups is 3. The first-order valence-corrected chi connectivity index (χ1v) is 18.5. The number of hydrogen-bond acceptors (Lipinski definition) is 12. The monoisotopic (exact) mass is 743 g/mol. The van der Waals surface area contributed by atoms with Crippen molar-refractivity contribution in [2.75, 3.05) is 58.8 Å². The highest BCUT2D eigenvalue weighted by Crippen LogP contribution is 2.38. The number of rotatable bonds is 23. The van der Waals surface area contributed by atoms with E-state index in [9.17, 15) is 34.8 Å². The van der Waals surface area contributed by atoms with Crippen molar-refractivity contribution in [3.63, 3.8) is 0 Å². The molecule has 51 heavy (non-hydrogen) atoms. The average Bonchev–Trinajstić information content (AvgIpc) is 3.63. The molecule has 290 valence electrons. The molecule has 4 unspecified atom stereocenters.